The molecule has 1 aliphatic heterocycles. The zero-order chi connectivity index (χ0) is 11.4. The van der Waals surface area contributed by atoms with Crippen LogP contribution in [-0.4, -0.2) is 54.4 Å². The minimum absolute atomic E-state index is 0.306. The standard InChI is InChI=1S/C9H17NO5/c1-5(11)10-8-7(12)3-6(4-14-2)15-9(8)13/h6-9,12-13H,3-4H2,1-2H3,(H,10,11)/t6-,7-,8+,9-/m0/s1. The predicted molar refractivity (Wildman–Crippen MR) is 51.0 cm³/mol. The molecule has 0 aromatic carbocycles. The maximum absolute atomic E-state index is 10.8. The van der Waals surface area contributed by atoms with Crippen LogP contribution in [0, 0.1) is 0 Å². The zero-order valence-corrected chi connectivity index (χ0v) is 8.84. The molecule has 1 amide bonds. The first-order valence-corrected chi connectivity index (χ1v) is 4.82. The number of rotatable bonds is 3. The average Bonchev–Trinajstić information content (AvgIpc) is 2.11. The molecular formula is C9H17NO5. The minimum atomic E-state index is -1.20. The van der Waals surface area contributed by atoms with Gasteiger partial charge in [-0.05, 0) is 0 Å². The SMILES string of the molecule is COC[C@@H]1C[C@H](O)[C@@H](NC(C)=O)[C@@H](O)O1. The molecule has 0 unspecified atom stereocenters. The third kappa shape index (κ3) is 3.42. The fourth-order valence-corrected chi connectivity index (χ4v) is 1.64. The van der Waals surface area contributed by atoms with Crippen molar-refractivity contribution in [3.63, 3.8) is 0 Å². The van der Waals surface area contributed by atoms with E-state index in [4.69, 9.17) is 9.47 Å². The quantitative estimate of drug-likeness (QED) is 0.543. The normalized spacial score (nSPS) is 36.3. The number of ether oxygens (including phenoxy) is 2. The lowest BCUT2D eigenvalue weighted by Crippen LogP contribution is -2.57. The van der Waals surface area contributed by atoms with Crippen molar-refractivity contribution in [2.24, 2.45) is 0 Å². The van der Waals surface area contributed by atoms with Crippen molar-refractivity contribution in [2.45, 2.75) is 37.9 Å². The van der Waals surface area contributed by atoms with Crippen LogP contribution in [0.2, 0.25) is 0 Å². The lowest BCUT2D eigenvalue weighted by molar-refractivity contribution is -0.216. The Labute approximate surface area is 88.2 Å². The van der Waals surface area contributed by atoms with E-state index >= 15 is 0 Å². The molecule has 1 fully saturated rings. The van der Waals surface area contributed by atoms with E-state index in [9.17, 15) is 15.0 Å². The number of aliphatic hydroxyl groups is 2. The van der Waals surface area contributed by atoms with Gasteiger partial charge in [0, 0.05) is 20.5 Å². The van der Waals surface area contributed by atoms with Crippen LogP contribution in [0.3, 0.4) is 0 Å². The number of hydrogen-bond donors (Lipinski definition) is 3. The smallest absolute Gasteiger partial charge is 0.217 e. The van der Waals surface area contributed by atoms with Gasteiger partial charge in [0.15, 0.2) is 6.29 Å². The highest BCUT2D eigenvalue weighted by molar-refractivity contribution is 5.73. The van der Waals surface area contributed by atoms with Crippen LogP contribution >= 0.6 is 0 Å². The second kappa shape index (κ2) is 5.41. The van der Waals surface area contributed by atoms with Crippen LogP contribution in [0.25, 0.3) is 0 Å². The van der Waals surface area contributed by atoms with Crippen molar-refractivity contribution < 1.29 is 24.5 Å². The molecule has 1 saturated heterocycles. The van der Waals surface area contributed by atoms with Crippen LogP contribution in [0.15, 0.2) is 0 Å². The Balaban J connectivity index is 2.52. The van der Waals surface area contributed by atoms with Gasteiger partial charge in [0.2, 0.25) is 5.91 Å². The van der Waals surface area contributed by atoms with Crippen molar-refractivity contribution in [3.05, 3.63) is 0 Å². The van der Waals surface area contributed by atoms with Gasteiger partial charge in [-0.1, -0.05) is 0 Å². The van der Waals surface area contributed by atoms with Gasteiger partial charge in [0.25, 0.3) is 0 Å². The third-order valence-corrected chi connectivity index (χ3v) is 2.28. The maximum Gasteiger partial charge on any atom is 0.217 e. The van der Waals surface area contributed by atoms with E-state index in [1.807, 2.05) is 0 Å². The molecule has 0 spiro atoms. The zero-order valence-electron chi connectivity index (χ0n) is 8.84. The summed E-state index contributed by atoms with van der Waals surface area (Å²) in [5.74, 6) is -0.313. The molecule has 0 saturated carbocycles. The number of methoxy groups -OCH3 is 1. The van der Waals surface area contributed by atoms with Crippen molar-refractivity contribution in [1.82, 2.24) is 5.32 Å². The molecular weight excluding hydrogens is 202 g/mol. The highest BCUT2D eigenvalue weighted by Crippen LogP contribution is 2.19. The summed E-state index contributed by atoms with van der Waals surface area (Å²) >= 11 is 0. The largest absolute Gasteiger partial charge is 0.391 e. The summed E-state index contributed by atoms with van der Waals surface area (Å²) in [6.07, 6.45) is -2.03. The summed E-state index contributed by atoms with van der Waals surface area (Å²) in [5.41, 5.74) is 0. The number of nitrogens with one attached hydrogen (secondary N) is 1. The molecule has 4 atom stereocenters. The summed E-state index contributed by atoms with van der Waals surface area (Å²) in [5, 5.41) is 21.6. The van der Waals surface area contributed by atoms with E-state index < -0.39 is 18.4 Å². The van der Waals surface area contributed by atoms with E-state index in [1.165, 1.54) is 14.0 Å². The number of aliphatic hydroxyl groups excluding tert-OH is 2. The number of carbonyl (C=O) groups is 1. The lowest BCUT2D eigenvalue weighted by atomic mass is 10.0. The van der Waals surface area contributed by atoms with Crippen LogP contribution in [0.4, 0.5) is 0 Å². The molecule has 0 radical (unpaired) electrons. The van der Waals surface area contributed by atoms with E-state index in [2.05, 4.69) is 5.32 Å². The van der Waals surface area contributed by atoms with Gasteiger partial charge < -0.3 is 25.0 Å². The molecule has 15 heavy (non-hydrogen) atoms. The maximum atomic E-state index is 10.8. The third-order valence-electron chi connectivity index (χ3n) is 2.28. The Morgan fingerprint density at radius 1 is 1.60 bits per heavy atom. The highest BCUT2D eigenvalue weighted by Gasteiger charge is 2.37. The van der Waals surface area contributed by atoms with Crippen molar-refractivity contribution in [2.75, 3.05) is 13.7 Å². The minimum Gasteiger partial charge on any atom is -0.391 e. The number of amides is 1. The van der Waals surface area contributed by atoms with Gasteiger partial charge in [-0.2, -0.15) is 0 Å². The summed E-state index contributed by atoms with van der Waals surface area (Å²) < 4.78 is 10.0. The Hall–Kier alpha value is -0.690. The average molecular weight is 219 g/mol. The van der Waals surface area contributed by atoms with Gasteiger partial charge in [-0.25, -0.2) is 0 Å². The molecule has 0 bridgehead atoms. The first kappa shape index (κ1) is 12.4. The van der Waals surface area contributed by atoms with Crippen LogP contribution < -0.4 is 5.32 Å². The van der Waals surface area contributed by atoms with Crippen LogP contribution in [-0.2, 0) is 14.3 Å². The first-order chi connectivity index (χ1) is 7.04. The van der Waals surface area contributed by atoms with E-state index in [0.29, 0.717) is 13.0 Å². The molecule has 88 valence electrons. The second-order valence-corrected chi connectivity index (χ2v) is 3.63. The Morgan fingerprint density at radius 3 is 2.73 bits per heavy atom. The Morgan fingerprint density at radius 2 is 2.27 bits per heavy atom. The second-order valence-electron chi connectivity index (χ2n) is 3.63. The lowest BCUT2D eigenvalue weighted by Gasteiger charge is -2.37. The van der Waals surface area contributed by atoms with Crippen molar-refractivity contribution >= 4 is 5.91 Å². The summed E-state index contributed by atoms with van der Waals surface area (Å²) in [6, 6.07) is -0.768. The molecule has 0 aromatic heterocycles. The first-order valence-electron chi connectivity index (χ1n) is 4.82. The molecule has 6 nitrogen and oxygen atoms in total. The molecule has 1 aliphatic rings. The van der Waals surface area contributed by atoms with Gasteiger partial charge in [-0.15, -0.1) is 0 Å². The van der Waals surface area contributed by atoms with E-state index in [1.54, 1.807) is 0 Å². The Kier molecular flexibility index (Phi) is 4.46. The monoisotopic (exact) mass is 219 g/mol. The van der Waals surface area contributed by atoms with E-state index in [0.717, 1.165) is 0 Å². The topological polar surface area (TPSA) is 88.0 Å². The van der Waals surface area contributed by atoms with Gasteiger partial charge in [0.1, 0.15) is 6.04 Å². The highest BCUT2D eigenvalue weighted by atomic mass is 16.6. The van der Waals surface area contributed by atoms with Gasteiger partial charge in [0.05, 0.1) is 18.8 Å². The van der Waals surface area contributed by atoms with E-state index in [-0.39, 0.29) is 12.0 Å². The molecule has 1 rings (SSSR count). The molecule has 6 heteroatoms. The van der Waals surface area contributed by atoms with Crippen LogP contribution in [0.5, 0.6) is 0 Å². The molecule has 1 heterocycles. The van der Waals surface area contributed by atoms with Gasteiger partial charge >= 0.3 is 0 Å². The van der Waals surface area contributed by atoms with Crippen LogP contribution in [0.1, 0.15) is 13.3 Å². The number of hydrogen-bond acceptors (Lipinski definition) is 5. The summed E-state index contributed by atoms with van der Waals surface area (Å²) in [6.45, 7) is 1.63. The van der Waals surface area contributed by atoms with Crippen molar-refractivity contribution in [3.8, 4) is 0 Å². The summed E-state index contributed by atoms with van der Waals surface area (Å²) in [4.78, 5) is 10.8. The Bertz CT molecular complexity index is 211. The summed E-state index contributed by atoms with van der Waals surface area (Å²) in [7, 11) is 1.52. The predicted octanol–water partition coefficient (Wildman–Crippen LogP) is -1.39. The fourth-order valence-electron chi connectivity index (χ4n) is 1.64. The van der Waals surface area contributed by atoms with Crippen molar-refractivity contribution in [1.29, 1.82) is 0 Å². The number of carbonyl (C=O) groups excluding carboxylic acids is 1. The fraction of sp³-hybridized carbons (Fsp3) is 0.889. The molecule has 0 aromatic rings. The molecule has 0 aliphatic carbocycles. The van der Waals surface area contributed by atoms with Gasteiger partial charge in [-0.3, -0.25) is 4.79 Å². The molecule has 3 N–H and O–H groups in total.